The molecular weight excluding hydrogens is 171 g/mol. The minimum absolute atomic E-state index is 0. The Balaban J connectivity index is 0.000001000. The van der Waals surface area contributed by atoms with Gasteiger partial charge in [-0.15, -0.1) is 0 Å². The fourth-order valence-electron chi connectivity index (χ4n) is 0.598. The first-order valence-corrected chi connectivity index (χ1v) is 3.11. The summed E-state index contributed by atoms with van der Waals surface area (Å²) >= 11 is 5.60. The molecule has 0 fully saturated rings. The van der Waals surface area contributed by atoms with Crippen molar-refractivity contribution in [3.05, 3.63) is 29.3 Å². The summed E-state index contributed by atoms with van der Waals surface area (Å²) in [6.45, 7) is 0. The zero-order valence-electron chi connectivity index (χ0n) is 6.13. The van der Waals surface area contributed by atoms with Crippen LogP contribution in [0.15, 0.2) is 24.3 Å². The Kier molecular flexibility index (Phi) is 5.35. The molecule has 4 heteroatoms. The van der Waals surface area contributed by atoms with Crippen LogP contribution in [0.5, 0.6) is 0 Å². The quantitative estimate of drug-likeness (QED) is 0.402. The molecule has 0 bridgehead atoms. The maximum Gasteiger partial charge on any atom is 0.181 e. The maximum atomic E-state index is 8.19. The van der Waals surface area contributed by atoms with E-state index < -0.39 is 0 Å². The summed E-state index contributed by atoms with van der Waals surface area (Å²) in [7, 11) is 0. The predicted octanol–water partition coefficient (Wildman–Crippen LogP) is 1.85. The zero-order valence-corrected chi connectivity index (χ0v) is 8.89. The van der Waals surface area contributed by atoms with E-state index in [9.17, 15) is 0 Å². The number of nitriles is 1. The van der Waals surface area contributed by atoms with Gasteiger partial charge in [0.05, 0.1) is 0 Å². The van der Waals surface area contributed by atoms with E-state index in [1.165, 1.54) is 0 Å². The fraction of sp³-hybridized carbons (Fsp3) is 0. The molecule has 0 aromatic heterocycles. The van der Waals surface area contributed by atoms with Gasteiger partial charge in [0.25, 0.3) is 0 Å². The topological polar surface area (TPSA) is 35.8 Å². The molecule has 1 aromatic carbocycles. The van der Waals surface area contributed by atoms with Gasteiger partial charge >= 0.3 is 0 Å². The summed E-state index contributed by atoms with van der Waals surface area (Å²) in [5.74, 6) is 0. The van der Waals surface area contributed by atoms with E-state index in [-0.39, 0.29) is 29.6 Å². The van der Waals surface area contributed by atoms with Crippen LogP contribution in [0, 0.1) is 11.5 Å². The van der Waals surface area contributed by atoms with Crippen molar-refractivity contribution in [1.82, 2.24) is 0 Å². The van der Waals surface area contributed by atoms with Crippen LogP contribution in [-0.2, 0) is 0 Å². The molecule has 0 saturated carbocycles. The number of halogens is 1. The largest absolute Gasteiger partial charge is 0.293 e. The average Bonchev–Trinajstić information content (AvgIpc) is 1.95. The predicted molar refractivity (Wildman–Crippen MR) is 46.4 cm³/mol. The molecule has 51 valence electrons. The van der Waals surface area contributed by atoms with Gasteiger partial charge in [-0.2, -0.15) is 5.26 Å². The second kappa shape index (κ2) is 5.45. The van der Waals surface area contributed by atoms with Crippen LogP contribution in [0.1, 0.15) is 0 Å². The molecule has 1 rings (SSSR count). The molecule has 2 nitrogen and oxygen atoms in total. The van der Waals surface area contributed by atoms with Gasteiger partial charge in [0, 0.05) is 40.3 Å². The smallest absolute Gasteiger partial charge is 0.181 e. The van der Waals surface area contributed by atoms with Crippen molar-refractivity contribution in [2.24, 2.45) is 0 Å². The first-order valence-electron chi connectivity index (χ1n) is 2.73. The molecule has 0 aliphatic heterocycles. The Morgan fingerprint density at radius 2 is 1.82 bits per heavy atom. The number of hydrogen-bond donors (Lipinski definition) is 1. The third-order valence-corrected chi connectivity index (χ3v) is 1.30. The minimum atomic E-state index is 0. The third-order valence-electron chi connectivity index (χ3n) is 1.04. The number of anilines is 1. The monoisotopic (exact) mass is 175 g/mol. The molecule has 0 amide bonds. The Morgan fingerprint density at radius 3 is 2.27 bits per heavy atom. The van der Waals surface area contributed by atoms with E-state index in [1.54, 1.807) is 24.3 Å². The Morgan fingerprint density at radius 1 is 1.27 bits per heavy atom. The van der Waals surface area contributed by atoms with E-state index in [0.717, 1.165) is 5.69 Å². The van der Waals surface area contributed by atoms with Crippen molar-refractivity contribution in [3.8, 4) is 6.19 Å². The molecular formula is C7H5ClN2Na. The van der Waals surface area contributed by atoms with Gasteiger partial charge in [-0.1, -0.05) is 11.6 Å². The molecule has 0 aliphatic carbocycles. The molecule has 0 atom stereocenters. The molecule has 0 aliphatic rings. The second-order valence-electron chi connectivity index (χ2n) is 1.74. The summed E-state index contributed by atoms with van der Waals surface area (Å²) in [5, 5.41) is 11.3. The Labute approximate surface area is 92.5 Å². The molecule has 1 aromatic rings. The molecule has 0 saturated heterocycles. The van der Waals surface area contributed by atoms with Gasteiger partial charge in [0.15, 0.2) is 6.19 Å². The molecule has 0 heterocycles. The van der Waals surface area contributed by atoms with Crippen molar-refractivity contribution in [3.63, 3.8) is 0 Å². The zero-order chi connectivity index (χ0) is 7.40. The van der Waals surface area contributed by atoms with Gasteiger partial charge in [-0.05, 0) is 24.3 Å². The van der Waals surface area contributed by atoms with Crippen LogP contribution >= 0.6 is 11.6 Å². The maximum absolute atomic E-state index is 8.19. The van der Waals surface area contributed by atoms with E-state index in [2.05, 4.69) is 5.32 Å². The third kappa shape index (κ3) is 3.64. The van der Waals surface area contributed by atoms with Crippen LogP contribution in [0.3, 0.4) is 0 Å². The van der Waals surface area contributed by atoms with Crippen LogP contribution < -0.4 is 5.32 Å². The van der Waals surface area contributed by atoms with Crippen molar-refractivity contribution in [1.29, 1.82) is 5.26 Å². The number of hydrogen-bond acceptors (Lipinski definition) is 2. The summed E-state index contributed by atoms with van der Waals surface area (Å²) in [6.07, 6.45) is 1.81. The number of nitrogens with one attached hydrogen (secondary N) is 1. The summed E-state index contributed by atoms with van der Waals surface area (Å²) in [5.41, 5.74) is 0.756. The van der Waals surface area contributed by atoms with Crippen molar-refractivity contribution >= 4 is 46.8 Å². The van der Waals surface area contributed by atoms with E-state index in [0.29, 0.717) is 5.02 Å². The number of rotatable bonds is 1. The van der Waals surface area contributed by atoms with Crippen LogP contribution in [0.2, 0.25) is 5.02 Å². The Bertz CT molecular complexity index is 252. The second-order valence-corrected chi connectivity index (χ2v) is 2.18. The van der Waals surface area contributed by atoms with Crippen LogP contribution in [0.25, 0.3) is 0 Å². The van der Waals surface area contributed by atoms with Gasteiger partial charge in [0.2, 0.25) is 0 Å². The molecule has 11 heavy (non-hydrogen) atoms. The van der Waals surface area contributed by atoms with E-state index >= 15 is 0 Å². The summed E-state index contributed by atoms with van der Waals surface area (Å²) in [6, 6.07) is 6.93. The van der Waals surface area contributed by atoms with Crippen LogP contribution in [0.4, 0.5) is 5.69 Å². The van der Waals surface area contributed by atoms with Crippen molar-refractivity contribution < 1.29 is 0 Å². The van der Waals surface area contributed by atoms with Gasteiger partial charge in [-0.3, -0.25) is 5.32 Å². The summed E-state index contributed by atoms with van der Waals surface area (Å²) < 4.78 is 0. The Hall–Kier alpha value is -0.200. The standard InChI is InChI=1S/C7H5ClN2.Na/c8-6-1-3-7(4-2-6)10-5-9;/h1-4,10H;. The number of nitrogens with zero attached hydrogens (tertiary/aromatic N) is 1. The van der Waals surface area contributed by atoms with Crippen molar-refractivity contribution in [2.75, 3.05) is 5.32 Å². The molecule has 1 radical (unpaired) electrons. The van der Waals surface area contributed by atoms with E-state index in [4.69, 9.17) is 16.9 Å². The van der Waals surface area contributed by atoms with Crippen molar-refractivity contribution in [2.45, 2.75) is 0 Å². The molecule has 0 unspecified atom stereocenters. The average molecular weight is 176 g/mol. The number of benzene rings is 1. The fourth-order valence-corrected chi connectivity index (χ4v) is 0.724. The first-order chi connectivity index (χ1) is 4.83. The summed E-state index contributed by atoms with van der Waals surface area (Å²) in [4.78, 5) is 0. The van der Waals surface area contributed by atoms with Gasteiger partial charge < -0.3 is 0 Å². The first kappa shape index (κ1) is 10.8. The minimum Gasteiger partial charge on any atom is -0.293 e. The van der Waals surface area contributed by atoms with Gasteiger partial charge in [0.1, 0.15) is 0 Å². The van der Waals surface area contributed by atoms with E-state index in [1.807, 2.05) is 6.19 Å². The van der Waals surface area contributed by atoms with Crippen LogP contribution in [-0.4, -0.2) is 29.6 Å². The molecule has 0 spiro atoms. The molecule has 1 N–H and O–H groups in total. The normalized spacial score (nSPS) is 7.64. The van der Waals surface area contributed by atoms with Gasteiger partial charge in [-0.25, -0.2) is 0 Å². The SMILES string of the molecule is N#CNc1ccc(Cl)cc1.[Na].